The van der Waals surface area contributed by atoms with Crippen LogP contribution in [0.15, 0.2) is 36.8 Å². The fourth-order valence-electron chi connectivity index (χ4n) is 1.54. The lowest BCUT2D eigenvalue weighted by molar-refractivity contribution is 0.993. The molecule has 0 saturated carbocycles. The molecule has 17 heavy (non-hydrogen) atoms. The number of aryl methyl sites for hydroxylation is 1. The Hall–Kier alpha value is -2.10. The number of rotatable bonds is 4. The maximum Gasteiger partial charge on any atom is 0.126 e. The minimum absolute atomic E-state index is 0.725. The first-order chi connectivity index (χ1) is 8.25. The quantitative estimate of drug-likeness (QED) is 0.840. The zero-order valence-electron chi connectivity index (χ0n) is 9.85. The Morgan fingerprint density at radius 1 is 1.35 bits per heavy atom. The molecule has 0 saturated heterocycles. The number of nitrogens with two attached hydrogens (primary N) is 1. The summed E-state index contributed by atoms with van der Waals surface area (Å²) in [6, 6.07) is 5.97. The molecule has 0 bridgehead atoms. The molecule has 2 rings (SSSR count). The molecular weight excluding hydrogens is 212 g/mol. The third-order valence-corrected chi connectivity index (χ3v) is 2.59. The summed E-state index contributed by atoms with van der Waals surface area (Å²) in [7, 11) is 0. The molecule has 0 aliphatic heterocycles. The smallest absolute Gasteiger partial charge is 0.126 e. The van der Waals surface area contributed by atoms with Crippen LogP contribution in [0, 0.1) is 6.92 Å². The van der Waals surface area contributed by atoms with Crippen molar-refractivity contribution in [3.63, 3.8) is 0 Å². The topological polar surface area (TPSA) is 63.8 Å². The van der Waals surface area contributed by atoms with Gasteiger partial charge in [-0.2, -0.15) is 0 Å². The van der Waals surface area contributed by atoms with E-state index in [1.807, 2.05) is 25.3 Å². The van der Waals surface area contributed by atoms with Crippen molar-refractivity contribution in [1.82, 2.24) is 9.97 Å². The van der Waals surface area contributed by atoms with Crippen molar-refractivity contribution >= 4 is 11.5 Å². The highest BCUT2D eigenvalue weighted by Gasteiger charge is 1.98. The molecule has 88 valence electrons. The predicted molar refractivity (Wildman–Crippen MR) is 69.8 cm³/mol. The maximum absolute atomic E-state index is 5.71. The van der Waals surface area contributed by atoms with E-state index < -0.39 is 0 Å². The number of pyridine rings is 2. The van der Waals surface area contributed by atoms with E-state index in [2.05, 4.69) is 21.4 Å². The molecule has 2 heterocycles. The van der Waals surface area contributed by atoms with Crippen molar-refractivity contribution in [3.8, 4) is 0 Å². The second kappa shape index (κ2) is 5.30. The number of hydrogen-bond acceptors (Lipinski definition) is 4. The van der Waals surface area contributed by atoms with Crippen molar-refractivity contribution < 1.29 is 0 Å². The highest BCUT2D eigenvalue weighted by molar-refractivity contribution is 5.50. The molecule has 0 atom stereocenters. The first kappa shape index (κ1) is 11.4. The van der Waals surface area contributed by atoms with Crippen molar-refractivity contribution in [2.75, 3.05) is 17.6 Å². The monoisotopic (exact) mass is 228 g/mol. The van der Waals surface area contributed by atoms with Gasteiger partial charge < -0.3 is 11.1 Å². The molecule has 2 aromatic rings. The predicted octanol–water partition coefficient (Wildman–Crippen LogP) is 2.02. The summed E-state index contributed by atoms with van der Waals surface area (Å²) < 4.78 is 0. The van der Waals surface area contributed by atoms with Crippen LogP contribution in [-0.4, -0.2) is 16.5 Å². The third kappa shape index (κ3) is 3.17. The molecule has 0 unspecified atom stereocenters. The van der Waals surface area contributed by atoms with Crippen LogP contribution >= 0.6 is 0 Å². The molecular formula is C13H16N4. The number of nitrogens with zero attached hydrogens (tertiary/aromatic N) is 2. The van der Waals surface area contributed by atoms with Gasteiger partial charge in [-0.1, -0.05) is 6.07 Å². The minimum Gasteiger partial charge on any atom is -0.397 e. The Bertz CT molecular complexity index is 482. The second-order valence-corrected chi connectivity index (χ2v) is 3.96. The van der Waals surface area contributed by atoms with E-state index >= 15 is 0 Å². The molecule has 0 aliphatic rings. The largest absolute Gasteiger partial charge is 0.397 e. The van der Waals surface area contributed by atoms with Gasteiger partial charge in [-0.05, 0) is 36.6 Å². The molecule has 4 heteroatoms. The molecule has 0 aromatic carbocycles. The minimum atomic E-state index is 0.725. The van der Waals surface area contributed by atoms with E-state index in [9.17, 15) is 0 Å². The fourth-order valence-corrected chi connectivity index (χ4v) is 1.54. The van der Waals surface area contributed by atoms with Gasteiger partial charge in [-0.3, -0.25) is 4.98 Å². The van der Waals surface area contributed by atoms with Gasteiger partial charge in [0, 0.05) is 18.9 Å². The molecule has 0 aliphatic carbocycles. The summed E-state index contributed by atoms with van der Waals surface area (Å²) in [5, 5.41) is 3.27. The lowest BCUT2D eigenvalue weighted by atomic mass is 10.2. The van der Waals surface area contributed by atoms with Crippen LogP contribution in [-0.2, 0) is 6.42 Å². The molecule has 0 amide bonds. The van der Waals surface area contributed by atoms with Crippen LogP contribution in [0.3, 0.4) is 0 Å². The van der Waals surface area contributed by atoms with Crippen LogP contribution < -0.4 is 11.1 Å². The van der Waals surface area contributed by atoms with Crippen molar-refractivity contribution in [2.24, 2.45) is 0 Å². The fraction of sp³-hybridized carbons (Fsp3) is 0.231. The van der Waals surface area contributed by atoms with Gasteiger partial charge in [0.15, 0.2) is 0 Å². The van der Waals surface area contributed by atoms with E-state index in [0.717, 1.165) is 30.0 Å². The number of nitrogens with one attached hydrogen (secondary N) is 1. The lowest BCUT2D eigenvalue weighted by Crippen LogP contribution is -2.07. The Balaban J connectivity index is 1.88. The van der Waals surface area contributed by atoms with Gasteiger partial charge in [0.25, 0.3) is 0 Å². The SMILES string of the molecule is Cc1cc(NCCc2cccnc2)ncc1N. The first-order valence-electron chi connectivity index (χ1n) is 5.60. The van der Waals surface area contributed by atoms with Gasteiger partial charge in [-0.15, -0.1) is 0 Å². The molecule has 2 aromatic heterocycles. The zero-order valence-corrected chi connectivity index (χ0v) is 9.85. The summed E-state index contributed by atoms with van der Waals surface area (Å²) in [4.78, 5) is 8.29. The number of hydrogen-bond donors (Lipinski definition) is 2. The van der Waals surface area contributed by atoms with E-state index in [-0.39, 0.29) is 0 Å². The van der Waals surface area contributed by atoms with Crippen LogP contribution in [0.2, 0.25) is 0 Å². The van der Waals surface area contributed by atoms with Crippen molar-refractivity contribution in [2.45, 2.75) is 13.3 Å². The lowest BCUT2D eigenvalue weighted by Gasteiger charge is -2.07. The van der Waals surface area contributed by atoms with E-state index in [0.29, 0.717) is 0 Å². The molecule has 0 radical (unpaired) electrons. The second-order valence-electron chi connectivity index (χ2n) is 3.96. The number of aromatic nitrogens is 2. The zero-order chi connectivity index (χ0) is 12.1. The van der Waals surface area contributed by atoms with Crippen LogP contribution in [0.25, 0.3) is 0 Å². The van der Waals surface area contributed by atoms with E-state index in [4.69, 9.17) is 5.73 Å². The summed E-state index contributed by atoms with van der Waals surface area (Å²) in [6.45, 7) is 2.81. The Morgan fingerprint density at radius 2 is 2.24 bits per heavy atom. The highest BCUT2D eigenvalue weighted by Crippen LogP contribution is 2.12. The molecule has 3 N–H and O–H groups in total. The molecule has 0 fully saturated rings. The normalized spacial score (nSPS) is 10.2. The van der Waals surface area contributed by atoms with Gasteiger partial charge in [-0.25, -0.2) is 4.98 Å². The highest BCUT2D eigenvalue weighted by atomic mass is 15.0. The summed E-state index contributed by atoms with van der Waals surface area (Å²) in [5.74, 6) is 0.862. The summed E-state index contributed by atoms with van der Waals surface area (Å²) >= 11 is 0. The van der Waals surface area contributed by atoms with Crippen LogP contribution in [0.5, 0.6) is 0 Å². The van der Waals surface area contributed by atoms with E-state index in [1.165, 1.54) is 5.56 Å². The third-order valence-electron chi connectivity index (χ3n) is 2.59. The number of nitrogen functional groups attached to an aromatic ring is 1. The average Bonchev–Trinajstić information content (AvgIpc) is 2.35. The van der Waals surface area contributed by atoms with Crippen LogP contribution in [0.1, 0.15) is 11.1 Å². The molecule has 0 spiro atoms. The standard InChI is InChI=1S/C13H16N4/c1-10-7-13(17-9-12(10)14)16-6-4-11-3-2-5-15-8-11/h2-3,5,7-9H,4,6,14H2,1H3,(H,16,17). The maximum atomic E-state index is 5.71. The Kier molecular flexibility index (Phi) is 3.55. The Labute approximate surface area is 101 Å². The summed E-state index contributed by atoms with van der Waals surface area (Å²) in [5.41, 5.74) is 8.69. The number of anilines is 2. The van der Waals surface area contributed by atoms with Crippen LogP contribution in [0.4, 0.5) is 11.5 Å². The van der Waals surface area contributed by atoms with Gasteiger partial charge in [0.05, 0.1) is 11.9 Å². The van der Waals surface area contributed by atoms with E-state index in [1.54, 1.807) is 12.4 Å². The van der Waals surface area contributed by atoms with Gasteiger partial charge >= 0.3 is 0 Å². The summed E-state index contributed by atoms with van der Waals surface area (Å²) in [6.07, 6.45) is 6.27. The van der Waals surface area contributed by atoms with Gasteiger partial charge in [0.1, 0.15) is 5.82 Å². The first-order valence-corrected chi connectivity index (χ1v) is 5.60. The van der Waals surface area contributed by atoms with Crippen molar-refractivity contribution in [3.05, 3.63) is 47.9 Å². The average molecular weight is 228 g/mol. The molecule has 4 nitrogen and oxygen atoms in total. The van der Waals surface area contributed by atoms with Gasteiger partial charge in [0.2, 0.25) is 0 Å². The Morgan fingerprint density at radius 3 is 2.94 bits per heavy atom. The van der Waals surface area contributed by atoms with Crippen molar-refractivity contribution in [1.29, 1.82) is 0 Å².